The van der Waals surface area contributed by atoms with Crippen LogP contribution < -0.4 is 10.2 Å². The summed E-state index contributed by atoms with van der Waals surface area (Å²) in [6, 6.07) is 8.78. The van der Waals surface area contributed by atoms with Gasteiger partial charge in [0.05, 0.1) is 10.9 Å². The lowest BCUT2D eigenvalue weighted by molar-refractivity contribution is -0.152. The molecule has 0 saturated heterocycles. The first kappa shape index (κ1) is 20.5. The zero-order chi connectivity index (χ0) is 21.2. The number of alkyl halides is 3. The molecule has 9 heteroatoms. The number of fused-ring (bicyclic) bond motifs is 1. The number of benzene rings is 2. The Hall–Kier alpha value is -3.26. The maximum Gasteiger partial charge on any atom is 0.514 e. The van der Waals surface area contributed by atoms with Gasteiger partial charge in [-0.25, -0.2) is 4.79 Å². The lowest BCUT2D eigenvalue weighted by Gasteiger charge is -2.13. The van der Waals surface area contributed by atoms with Gasteiger partial charge in [-0.1, -0.05) is 36.4 Å². The summed E-state index contributed by atoms with van der Waals surface area (Å²) in [5, 5.41) is 0.187. The largest absolute Gasteiger partial charge is 0.514 e. The number of hydrogen-bond acceptors (Lipinski definition) is 5. The van der Waals surface area contributed by atoms with Crippen molar-refractivity contribution in [1.82, 2.24) is 0 Å². The fourth-order valence-corrected chi connectivity index (χ4v) is 2.69. The fourth-order valence-electron chi connectivity index (χ4n) is 2.57. The number of hydrogen-bond donors (Lipinski definition) is 0. The molecule has 0 bridgehead atoms. The maximum absolute atomic E-state index is 13.6. The van der Waals surface area contributed by atoms with E-state index in [2.05, 4.69) is 11.3 Å². The summed E-state index contributed by atoms with van der Waals surface area (Å²) in [4.78, 5) is 24.3. The predicted octanol–water partition coefficient (Wildman–Crippen LogP) is 5.83. The molecule has 29 heavy (non-hydrogen) atoms. The third-order valence-corrected chi connectivity index (χ3v) is 4.03. The van der Waals surface area contributed by atoms with E-state index in [1.807, 2.05) is 0 Å². The zero-order valence-corrected chi connectivity index (χ0v) is 15.3. The molecular formula is C20H12ClF3O5. The highest BCUT2D eigenvalue weighted by Gasteiger charge is 2.39. The third-order valence-electron chi connectivity index (χ3n) is 3.77. The van der Waals surface area contributed by atoms with Gasteiger partial charge in [-0.05, 0) is 29.8 Å². The van der Waals surface area contributed by atoms with Gasteiger partial charge in [0, 0.05) is 11.1 Å². The third kappa shape index (κ3) is 4.43. The van der Waals surface area contributed by atoms with Gasteiger partial charge in [-0.3, -0.25) is 4.79 Å². The predicted molar refractivity (Wildman–Crippen MR) is 100 cm³/mol. The van der Waals surface area contributed by atoms with Gasteiger partial charge in [-0.2, -0.15) is 13.2 Å². The Morgan fingerprint density at radius 3 is 2.48 bits per heavy atom. The summed E-state index contributed by atoms with van der Waals surface area (Å²) in [6.45, 7) is 3.26. The molecule has 3 aromatic rings. The SMILES string of the molecule is C=CCOC(=O)Oc1ccc2c(=O)c(-c3ccc(Cl)cc3)c(C(F)(F)F)oc2c1. The lowest BCUT2D eigenvalue weighted by atomic mass is 10.0. The second-order valence-corrected chi connectivity index (χ2v) is 6.19. The minimum atomic E-state index is -4.94. The molecule has 0 N–H and O–H groups in total. The topological polar surface area (TPSA) is 65.7 Å². The van der Waals surface area contributed by atoms with Crippen molar-refractivity contribution in [1.29, 1.82) is 0 Å². The molecule has 1 heterocycles. The molecule has 0 atom stereocenters. The maximum atomic E-state index is 13.6. The Kier molecular flexibility index (Phi) is 5.65. The molecule has 0 radical (unpaired) electrons. The van der Waals surface area contributed by atoms with Crippen molar-refractivity contribution in [2.24, 2.45) is 0 Å². The van der Waals surface area contributed by atoms with E-state index in [0.717, 1.165) is 6.07 Å². The van der Waals surface area contributed by atoms with Crippen LogP contribution in [0.2, 0.25) is 5.02 Å². The van der Waals surface area contributed by atoms with Crippen molar-refractivity contribution in [2.45, 2.75) is 6.18 Å². The van der Waals surface area contributed by atoms with Crippen molar-refractivity contribution >= 4 is 28.7 Å². The Bertz CT molecular complexity index is 1130. The van der Waals surface area contributed by atoms with Crippen LogP contribution in [0, 0.1) is 0 Å². The van der Waals surface area contributed by atoms with Gasteiger partial charge in [0.25, 0.3) is 0 Å². The Balaban J connectivity index is 2.15. The quantitative estimate of drug-likeness (QED) is 0.299. The van der Waals surface area contributed by atoms with Crippen LogP contribution in [0.3, 0.4) is 0 Å². The van der Waals surface area contributed by atoms with Crippen molar-refractivity contribution in [3.05, 3.63) is 76.1 Å². The highest BCUT2D eigenvalue weighted by atomic mass is 35.5. The minimum absolute atomic E-state index is 0.00528. The fraction of sp³-hybridized carbons (Fsp3) is 0.100. The molecule has 1 aromatic heterocycles. The van der Waals surface area contributed by atoms with Crippen molar-refractivity contribution in [2.75, 3.05) is 6.61 Å². The first-order valence-electron chi connectivity index (χ1n) is 8.10. The first-order valence-corrected chi connectivity index (χ1v) is 8.48. The van der Waals surface area contributed by atoms with Crippen molar-refractivity contribution in [3.8, 4) is 16.9 Å². The highest BCUT2D eigenvalue weighted by Crippen LogP contribution is 2.38. The van der Waals surface area contributed by atoms with Crippen molar-refractivity contribution < 1.29 is 31.9 Å². The van der Waals surface area contributed by atoms with Crippen molar-refractivity contribution in [3.63, 3.8) is 0 Å². The molecule has 5 nitrogen and oxygen atoms in total. The zero-order valence-electron chi connectivity index (χ0n) is 14.6. The van der Waals surface area contributed by atoms with Gasteiger partial charge in [0.15, 0.2) is 0 Å². The van der Waals surface area contributed by atoms with Crippen LogP contribution >= 0.6 is 11.6 Å². The second-order valence-electron chi connectivity index (χ2n) is 5.75. The first-order chi connectivity index (χ1) is 13.7. The molecule has 0 aliphatic rings. The van der Waals surface area contributed by atoms with Crippen LogP contribution in [0.1, 0.15) is 5.76 Å². The molecule has 2 aromatic carbocycles. The standard InChI is InChI=1S/C20H12ClF3O5/c1-2-9-27-19(26)28-13-7-8-14-15(10-13)29-18(20(22,23)24)16(17(14)25)11-3-5-12(21)6-4-11/h2-8,10H,1,9H2. The van der Waals surface area contributed by atoms with Gasteiger partial charge < -0.3 is 13.9 Å². The monoisotopic (exact) mass is 424 g/mol. The highest BCUT2D eigenvalue weighted by molar-refractivity contribution is 6.30. The van der Waals surface area contributed by atoms with E-state index in [9.17, 15) is 22.8 Å². The molecule has 0 saturated carbocycles. The molecular weight excluding hydrogens is 413 g/mol. The summed E-state index contributed by atoms with van der Waals surface area (Å²) in [5.41, 5.74) is -1.91. The van der Waals surface area contributed by atoms with E-state index >= 15 is 0 Å². The van der Waals surface area contributed by atoms with Gasteiger partial charge in [0.2, 0.25) is 11.2 Å². The van der Waals surface area contributed by atoms with E-state index in [4.69, 9.17) is 20.8 Å². The van der Waals surface area contributed by atoms with Crippen LogP contribution in [0.25, 0.3) is 22.1 Å². The van der Waals surface area contributed by atoms with Crippen LogP contribution in [-0.2, 0) is 10.9 Å². The Morgan fingerprint density at radius 1 is 1.17 bits per heavy atom. The summed E-state index contributed by atoms with van der Waals surface area (Å²) in [6.07, 6.45) is -4.71. The average Bonchev–Trinajstić information content (AvgIpc) is 2.66. The number of halogens is 4. The minimum Gasteiger partial charge on any atom is -0.450 e. The van der Waals surface area contributed by atoms with Crippen LogP contribution in [0.15, 0.2) is 64.3 Å². The van der Waals surface area contributed by atoms with E-state index in [1.165, 1.54) is 42.5 Å². The van der Waals surface area contributed by atoms with Crippen LogP contribution in [0.4, 0.5) is 18.0 Å². The van der Waals surface area contributed by atoms with E-state index in [1.54, 1.807) is 0 Å². The molecule has 0 amide bonds. The molecule has 150 valence electrons. The average molecular weight is 425 g/mol. The molecule has 3 rings (SSSR count). The van der Waals surface area contributed by atoms with Crippen LogP contribution in [-0.4, -0.2) is 12.8 Å². The number of ether oxygens (including phenoxy) is 2. The smallest absolute Gasteiger partial charge is 0.450 e. The van der Waals surface area contributed by atoms with Crippen LogP contribution in [0.5, 0.6) is 5.75 Å². The molecule has 0 spiro atoms. The lowest BCUT2D eigenvalue weighted by Crippen LogP contribution is -2.16. The normalized spacial score (nSPS) is 11.3. The summed E-state index contributed by atoms with van der Waals surface area (Å²) < 4.78 is 55.3. The molecule has 0 fully saturated rings. The second kappa shape index (κ2) is 8.00. The van der Waals surface area contributed by atoms with Gasteiger partial charge >= 0.3 is 12.3 Å². The van der Waals surface area contributed by atoms with Gasteiger partial charge in [-0.15, -0.1) is 0 Å². The summed E-state index contributed by atoms with van der Waals surface area (Å²) >= 11 is 5.77. The molecule has 0 aliphatic heterocycles. The van der Waals surface area contributed by atoms with E-state index in [0.29, 0.717) is 5.02 Å². The summed E-state index contributed by atoms with van der Waals surface area (Å²) in [7, 11) is 0. The van der Waals surface area contributed by atoms with Gasteiger partial charge in [0.1, 0.15) is 17.9 Å². The van der Waals surface area contributed by atoms with E-state index in [-0.39, 0.29) is 23.3 Å². The number of carbonyl (C=O) groups excluding carboxylic acids is 1. The number of carbonyl (C=O) groups is 1. The van der Waals surface area contributed by atoms with E-state index < -0.39 is 34.7 Å². The molecule has 0 aliphatic carbocycles. The Labute approximate surface area is 166 Å². The summed E-state index contributed by atoms with van der Waals surface area (Å²) in [5.74, 6) is -1.62. The molecule has 0 unspecified atom stereocenters. The Morgan fingerprint density at radius 2 is 1.86 bits per heavy atom. The number of rotatable bonds is 4.